The summed E-state index contributed by atoms with van der Waals surface area (Å²) in [5, 5.41) is 3.44. The molecule has 3 rings (SSSR count). The number of hydrogen-bond acceptors (Lipinski definition) is 2. The Labute approximate surface area is 119 Å². The number of rotatable bonds is 3. The molecule has 2 heteroatoms. The first-order chi connectivity index (χ1) is 9.06. The zero-order valence-corrected chi connectivity index (χ0v) is 12.8. The summed E-state index contributed by atoms with van der Waals surface area (Å²) in [7, 11) is 0. The average Bonchev–Trinajstić information content (AvgIpc) is 2.95. The van der Waals surface area contributed by atoms with Crippen LogP contribution in [0.2, 0.25) is 0 Å². The fourth-order valence-corrected chi connectivity index (χ4v) is 4.38. The van der Waals surface area contributed by atoms with Crippen molar-refractivity contribution in [1.29, 1.82) is 0 Å². The van der Waals surface area contributed by atoms with Crippen LogP contribution in [-0.2, 0) is 12.8 Å². The number of thiazole rings is 1. The van der Waals surface area contributed by atoms with Gasteiger partial charge in [0.25, 0.3) is 0 Å². The van der Waals surface area contributed by atoms with Gasteiger partial charge in [-0.3, -0.25) is 0 Å². The summed E-state index contributed by atoms with van der Waals surface area (Å²) in [6, 6.07) is 8.96. The minimum Gasteiger partial charge on any atom is -0.247 e. The van der Waals surface area contributed by atoms with Gasteiger partial charge in [-0.25, -0.2) is 4.98 Å². The highest BCUT2D eigenvalue weighted by Gasteiger charge is 2.35. The Morgan fingerprint density at radius 2 is 2.11 bits per heavy atom. The highest BCUT2D eigenvalue weighted by Crippen LogP contribution is 2.46. The number of aromatic nitrogens is 1. The Hall–Kier alpha value is -1.15. The second kappa shape index (κ2) is 4.75. The van der Waals surface area contributed by atoms with Crippen molar-refractivity contribution in [2.45, 2.75) is 46.0 Å². The van der Waals surface area contributed by atoms with Gasteiger partial charge in [-0.05, 0) is 42.2 Å². The summed E-state index contributed by atoms with van der Waals surface area (Å²) in [4.78, 5) is 4.64. The lowest BCUT2D eigenvalue weighted by Gasteiger charge is -2.31. The van der Waals surface area contributed by atoms with Crippen LogP contribution in [0.3, 0.4) is 0 Å². The van der Waals surface area contributed by atoms with E-state index in [1.165, 1.54) is 17.8 Å². The third kappa shape index (κ3) is 2.46. The number of hydrogen-bond donors (Lipinski definition) is 0. The molecule has 0 aliphatic heterocycles. The van der Waals surface area contributed by atoms with Gasteiger partial charge in [-0.15, -0.1) is 11.3 Å². The van der Waals surface area contributed by atoms with Gasteiger partial charge in [0.15, 0.2) is 0 Å². The summed E-state index contributed by atoms with van der Waals surface area (Å²) in [6.07, 6.45) is 3.61. The Balaban J connectivity index is 1.85. The van der Waals surface area contributed by atoms with Crippen molar-refractivity contribution in [2.24, 2.45) is 5.41 Å². The van der Waals surface area contributed by atoms with Gasteiger partial charge in [-0.2, -0.15) is 0 Å². The quantitative estimate of drug-likeness (QED) is 0.785. The highest BCUT2D eigenvalue weighted by molar-refractivity contribution is 7.09. The molecular formula is C17H21NS. The van der Waals surface area contributed by atoms with Crippen LogP contribution < -0.4 is 0 Å². The van der Waals surface area contributed by atoms with Crippen LogP contribution >= 0.6 is 11.3 Å². The third-order valence-corrected chi connectivity index (χ3v) is 5.32. The molecule has 0 saturated heterocycles. The molecule has 1 aliphatic carbocycles. The second-order valence-electron chi connectivity index (χ2n) is 6.34. The van der Waals surface area contributed by atoms with Crippen LogP contribution in [-0.4, -0.2) is 4.98 Å². The molecule has 0 saturated carbocycles. The lowest BCUT2D eigenvalue weighted by molar-refractivity contribution is 0.280. The number of fused-ring (bicyclic) bond motifs is 1. The Bertz CT molecular complexity index is 582. The van der Waals surface area contributed by atoms with E-state index in [9.17, 15) is 0 Å². The minimum atomic E-state index is 0.289. The molecule has 1 heterocycles. The van der Waals surface area contributed by atoms with Crippen LogP contribution in [0.5, 0.6) is 0 Å². The average molecular weight is 271 g/mol. The summed E-state index contributed by atoms with van der Waals surface area (Å²) >= 11 is 1.81. The van der Waals surface area contributed by atoms with Crippen molar-refractivity contribution >= 4 is 11.3 Å². The number of nitrogens with zero attached hydrogens (tertiary/aromatic N) is 1. The lowest BCUT2D eigenvalue weighted by Crippen LogP contribution is -2.23. The minimum absolute atomic E-state index is 0.289. The first-order valence-electron chi connectivity index (χ1n) is 7.05. The summed E-state index contributed by atoms with van der Waals surface area (Å²) in [5.74, 6) is 0.674. The zero-order valence-electron chi connectivity index (χ0n) is 11.9. The van der Waals surface area contributed by atoms with Gasteiger partial charge in [0.1, 0.15) is 0 Å². The van der Waals surface area contributed by atoms with Crippen molar-refractivity contribution in [2.75, 3.05) is 0 Å². The first kappa shape index (κ1) is 12.9. The topological polar surface area (TPSA) is 12.9 Å². The van der Waals surface area contributed by atoms with Gasteiger partial charge < -0.3 is 0 Å². The molecule has 100 valence electrons. The zero-order chi connectivity index (χ0) is 13.5. The molecule has 0 spiro atoms. The molecule has 1 nitrogen and oxygen atoms in total. The van der Waals surface area contributed by atoms with Crippen molar-refractivity contribution in [1.82, 2.24) is 4.98 Å². The SMILES string of the molecule is Cc1csc(CC(C)(C)C2CCc3ccccc32)n1. The Morgan fingerprint density at radius 3 is 2.84 bits per heavy atom. The smallest absolute Gasteiger partial charge is 0.0933 e. The fourth-order valence-electron chi connectivity index (χ4n) is 3.37. The van der Waals surface area contributed by atoms with E-state index in [1.54, 1.807) is 22.5 Å². The first-order valence-corrected chi connectivity index (χ1v) is 7.93. The molecule has 1 unspecified atom stereocenters. The molecule has 1 atom stereocenters. The molecule has 2 aromatic rings. The summed E-state index contributed by atoms with van der Waals surface area (Å²) in [5.41, 5.74) is 4.57. The van der Waals surface area contributed by atoms with Crippen molar-refractivity contribution in [3.8, 4) is 0 Å². The monoisotopic (exact) mass is 271 g/mol. The summed E-state index contributed by atoms with van der Waals surface area (Å²) < 4.78 is 0. The van der Waals surface area contributed by atoms with Crippen LogP contribution in [0.1, 0.15) is 48.0 Å². The van der Waals surface area contributed by atoms with Crippen molar-refractivity contribution < 1.29 is 0 Å². The van der Waals surface area contributed by atoms with E-state index < -0.39 is 0 Å². The number of aryl methyl sites for hydroxylation is 2. The van der Waals surface area contributed by atoms with Crippen molar-refractivity contribution in [3.05, 3.63) is 51.5 Å². The van der Waals surface area contributed by atoms with Crippen LogP contribution in [0.4, 0.5) is 0 Å². The Kier molecular flexibility index (Phi) is 3.22. The van der Waals surface area contributed by atoms with Gasteiger partial charge in [0.2, 0.25) is 0 Å². The van der Waals surface area contributed by atoms with Crippen LogP contribution in [0.25, 0.3) is 0 Å². The maximum atomic E-state index is 4.64. The highest BCUT2D eigenvalue weighted by atomic mass is 32.1. The predicted octanol–water partition coefficient (Wildman–Crippen LogP) is 4.75. The lowest BCUT2D eigenvalue weighted by atomic mass is 9.73. The molecule has 0 bridgehead atoms. The normalized spacial score (nSPS) is 18.6. The van der Waals surface area contributed by atoms with Crippen LogP contribution in [0, 0.1) is 12.3 Å². The Morgan fingerprint density at radius 1 is 1.32 bits per heavy atom. The molecule has 0 fully saturated rings. The molecule has 0 radical (unpaired) electrons. The van der Waals surface area contributed by atoms with E-state index in [4.69, 9.17) is 0 Å². The molecule has 1 aromatic carbocycles. The van der Waals surface area contributed by atoms with E-state index in [0.717, 1.165) is 12.1 Å². The summed E-state index contributed by atoms with van der Waals surface area (Å²) in [6.45, 7) is 6.88. The van der Waals surface area contributed by atoms with Gasteiger partial charge in [0, 0.05) is 17.5 Å². The molecule has 19 heavy (non-hydrogen) atoms. The van der Waals surface area contributed by atoms with E-state index in [1.807, 2.05) is 0 Å². The second-order valence-corrected chi connectivity index (χ2v) is 7.28. The van der Waals surface area contributed by atoms with Gasteiger partial charge in [0.05, 0.1) is 5.01 Å². The van der Waals surface area contributed by atoms with Gasteiger partial charge >= 0.3 is 0 Å². The largest absolute Gasteiger partial charge is 0.247 e. The fraction of sp³-hybridized carbons (Fsp3) is 0.471. The van der Waals surface area contributed by atoms with Gasteiger partial charge in [-0.1, -0.05) is 38.1 Å². The maximum absolute atomic E-state index is 4.64. The molecule has 1 aromatic heterocycles. The molecule has 0 amide bonds. The molecule has 1 aliphatic rings. The van der Waals surface area contributed by atoms with E-state index in [0.29, 0.717) is 5.92 Å². The predicted molar refractivity (Wildman–Crippen MR) is 81.8 cm³/mol. The third-order valence-electron chi connectivity index (χ3n) is 4.35. The van der Waals surface area contributed by atoms with Crippen LogP contribution in [0.15, 0.2) is 29.6 Å². The van der Waals surface area contributed by atoms with E-state index in [2.05, 4.69) is 55.4 Å². The standard InChI is InChI=1S/C17H21NS/c1-12-11-19-16(18-12)10-17(2,3)15-9-8-13-6-4-5-7-14(13)15/h4-7,11,15H,8-10H2,1-3H3. The number of benzene rings is 1. The van der Waals surface area contributed by atoms with E-state index in [-0.39, 0.29) is 5.41 Å². The molecule has 0 N–H and O–H groups in total. The molecular weight excluding hydrogens is 250 g/mol. The van der Waals surface area contributed by atoms with E-state index >= 15 is 0 Å². The maximum Gasteiger partial charge on any atom is 0.0933 e. The van der Waals surface area contributed by atoms with Crippen molar-refractivity contribution in [3.63, 3.8) is 0 Å².